The summed E-state index contributed by atoms with van der Waals surface area (Å²) in [6.07, 6.45) is 0.774. The summed E-state index contributed by atoms with van der Waals surface area (Å²) in [7, 11) is -3.71. The van der Waals surface area contributed by atoms with Crippen molar-refractivity contribution in [2.75, 3.05) is 15.4 Å². The molecule has 27 heavy (non-hydrogen) atoms. The van der Waals surface area contributed by atoms with E-state index in [1.54, 1.807) is 19.1 Å². The van der Waals surface area contributed by atoms with Gasteiger partial charge in [-0.2, -0.15) is 0 Å². The van der Waals surface area contributed by atoms with Crippen molar-refractivity contribution < 1.29 is 18.0 Å². The number of anilines is 2. The number of nitrogens with zero attached hydrogens (tertiary/aromatic N) is 1. The van der Waals surface area contributed by atoms with E-state index in [1.807, 2.05) is 32.0 Å². The molecule has 1 aliphatic heterocycles. The maximum atomic E-state index is 12.7. The van der Waals surface area contributed by atoms with Crippen LogP contribution in [0.1, 0.15) is 35.3 Å². The van der Waals surface area contributed by atoms with Gasteiger partial charge in [0.2, 0.25) is 15.9 Å². The van der Waals surface area contributed by atoms with E-state index in [0.717, 1.165) is 27.5 Å². The highest BCUT2D eigenvalue weighted by Crippen LogP contribution is 2.29. The Labute approximate surface area is 159 Å². The maximum Gasteiger partial charge on any atom is 0.255 e. The average molecular weight is 386 g/mol. The summed E-state index contributed by atoms with van der Waals surface area (Å²) in [5.74, 6) is -1.63. The van der Waals surface area contributed by atoms with Gasteiger partial charge < -0.3 is 5.32 Å². The molecule has 1 unspecified atom stereocenters. The Morgan fingerprint density at radius 1 is 1.22 bits per heavy atom. The molecule has 0 aliphatic carbocycles. The molecule has 1 heterocycles. The summed E-state index contributed by atoms with van der Waals surface area (Å²) in [5.41, 5.74) is 3.21. The van der Waals surface area contributed by atoms with Crippen molar-refractivity contribution in [2.45, 2.75) is 27.2 Å². The Hall–Kier alpha value is -2.67. The second-order valence-electron chi connectivity index (χ2n) is 6.75. The van der Waals surface area contributed by atoms with E-state index in [9.17, 15) is 18.0 Å². The normalized spacial score (nSPS) is 18.6. The van der Waals surface area contributed by atoms with E-state index in [1.165, 1.54) is 12.1 Å². The van der Waals surface area contributed by atoms with Crippen molar-refractivity contribution in [2.24, 2.45) is 5.92 Å². The Bertz CT molecular complexity index is 1010. The number of hydrogen-bond acceptors (Lipinski definition) is 4. The Balaban J connectivity index is 1.93. The van der Waals surface area contributed by atoms with Gasteiger partial charge in [0.15, 0.2) is 0 Å². The van der Waals surface area contributed by atoms with Gasteiger partial charge in [-0.25, -0.2) is 12.7 Å². The van der Waals surface area contributed by atoms with E-state index in [0.29, 0.717) is 5.56 Å². The van der Waals surface area contributed by atoms with Crippen molar-refractivity contribution >= 4 is 33.2 Å². The van der Waals surface area contributed by atoms with Crippen LogP contribution in [0.5, 0.6) is 0 Å². The minimum Gasteiger partial charge on any atom is -0.321 e. The van der Waals surface area contributed by atoms with Crippen LogP contribution in [0.2, 0.25) is 0 Å². The zero-order chi connectivity index (χ0) is 19.8. The van der Waals surface area contributed by atoms with Gasteiger partial charge in [0.25, 0.3) is 5.91 Å². The second kappa shape index (κ2) is 7.15. The molecule has 1 aliphatic rings. The third kappa shape index (κ3) is 3.60. The van der Waals surface area contributed by atoms with Crippen molar-refractivity contribution in [3.63, 3.8) is 0 Å². The molecule has 1 saturated heterocycles. The lowest BCUT2D eigenvalue weighted by Gasteiger charge is -2.17. The first kappa shape index (κ1) is 19.1. The van der Waals surface area contributed by atoms with Gasteiger partial charge in [-0.05, 0) is 42.7 Å². The number of para-hydroxylation sites is 1. The molecule has 142 valence electrons. The summed E-state index contributed by atoms with van der Waals surface area (Å²) in [4.78, 5) is 25.0. The molecule has 2 amide bonds. The Kier molecular flexibility index (Phi) is 5.06. The highest BCUT2D eigenvalue weighted by molar-refractivity contribution is 7.94. The van der Waals surface area contributed by atoms with Gasteiger partial charge in [-0.1, -0.05) is 38.1 Å². The summed E-state index contributed by atoms with van der Waals surface area (Å²) >= 11 is 0. The molecule has 7 heteroatoms. The van der Waals surface area contributed by atoms with Crippen LogP contribution in [-0.2, 0) is 21.2 Å². The predicted molar refractivity (Wildman–Crippen MR) is 105 cm³/mol. The molecule has 0 radical (unpaired) electrons. The fourth-order valence-electron chi connectivity index (χ4n) is 3.25. The van der Waals surface area contributed by atoms with Gasteiger partial charge in [-0.3, -0.25) is 9.59 Å². The maximum absolute atomic E-state index is 12.7. The van der Waals surface area contributed by atoms with Crippen LogP contribution in [0.4, 0.5) is 11.4 Å². The molecule has 1 atom stereocenters. The van der Waals surface area contributed by atoms with Crippen molar-refractivity contribution in [3.05, 3.63) is 59.2 Å². The molecule has 0 saturated carbocycles. The van der Waals surface area contributed by atoms with Gasteiger partial charge in [-0.15, -0.1) is 0 Å². The number of rotatable bonds is 4. The number of carbonyl (C=O) groups excluding carboxylic acids is 2. The monoisotopic (exact) mass is 386 g/mol. The van der Waals surface area contributed by atoms with Crippen LogP contribution in [0.15, 0.2) is 42.5 Å². The quantitative estimate of drug-likeness (QED) is 0.875. The van der Waals surface area contributed by atoms with Crippen LogP contribution >= 0.6 is 0 Å². The number of hydrogen-bond donors (Lipinski definition) is 1. The molecule has 0 spiro atoms. The zero-order valence-electron chi connectivity index (χ0n) is 15.5. The first-order valence-electron chi connectivity index (χ1n) is 8.81. The second-order valence-corrected chi connectivity index (χ2v) is 8.61. The molecule has 2 aromatic rings. The third-order valence-electron chi connectivity index (χ3n) is 4.68. The van der Waals surface area contributed by atoms with Crippen molar-refractivity contribution in [3.8, 4) is 0 Å². The highest BCUT2D eigenvalue weighted by Gasteiger charge is 2.42. The Morgan fingerprint density at radius 3 is 2.56 bits per heavy atom. The minimum atomic E-state index is -3.71. The number of carbonyl (C=O) groups is 2. The van der Waals surface area contributed by atoms with E-state index in [4.69, 9.17) is 0 Å². The lowest BCUT2D eigenvalue weighted by Crippen LogP contribution is -2.30. The number of aryl methyl sites for hydroxylation is 2. The summed E-state index contributed by atoms with van der Waals surface area (Å²) in [5, 5.41) is 2.91. The van der Waals surface area contributed by atoms with Crippen molar-refractivity contribution in [1.29, 1.82) is 0 Å². The highest BCUT2D eigenvalue weighted by atomic mass is 32.2. The van der Waals surface area contributed by atoms with Gasteiger partial charge in [0.05, 0.1) is 17.4 Å². The lowest BCUT2D eigenvalue weighted by atomic mass is 10.1. The Morgan fingerprint density at radius 2 is 1.93 bits per heavy atom. The average Bonchev–Trinajstić information content (AvgIpc) is 2.83. The minimum absolute atomic E-state index is 0.192. The zero-order valence-corrected chi connectivity index (χ0v) is 16.3. The molecule has 0 aromatic heterocycles. The molecule has 3 rings (SSSR count). The third-order valence-corrected chi connectivity index (χ3v) is 6.55. The molecule has 0 bridgehead atoms. The molecular formula is C20H22N2O4S. The van der Waals surface area contributed by atoms with Crippen LogP contribution in [0, 0.1) is 12.8 Å². The van der Waals surface area contributed by atoms with E-state index in [-0.39, 0.29) is 17.3 Å². The number of benzene rings is 2. The van der Waals surface area contributed by atoms with Gasteiger partial charge in [0.1, 0.15) is 0 Å². The van der Waals surface area contributed by atoms with Crippen LogP contribution in [0.25, 0.3) is 0 Å². The number of sulfonamides is 1. The van der Waals surface area contributed by atoms with Gasteiger partial charge in [0, 0.05) is 11.3 Å². The molecule has 1 fully saturated rings. The fourth-order valence-corrected chi connectivity index (χ4v) is 5.06. The molecular weight excluding hydrogens is 364 g/mol. The van der Waals surface area contributed by atoms with Crippen LogP contribution in [-0.4, -0.2) is 26.0 Å². The summed E-state index contributed by atoms with van der Waals surface area (Å²) in [6.45, 7) is 5.51. The number of amides is 2. The summed E-state index contributed by atoms with van der Waals surface area (Å²) in [6, 6.07) is 11.9. The molecule has 1 N–H and O–H groups in total. The first-order chi connectivity index (χ1) is 12.7. The first-order valence-corrected chi connectivity index (χ1v) is 10.4. The predicted octanol–water partition coefficient (Wildman–Crippen LogP) is 3.12. The van der Waals surface area contributed by atoms with E-state index >= 15 is 0 Å². The van der Waals surface area contributed by atoms with Crippen LogP contribution < -0.4 is 9.62 Å². The van der Waals surface area contributed by atoms with Gasteiger partial charge >= 0.3 is 0 Å². The van der Waals surface area contributed by atoms with E-state index in [2.05, 4.69) is 5.32 Å². The topological polar surface area (TPSA) is 83.6 Å². The SMILES string of the molecule is CCc1cccc(C)c1NC(=O)c1cccc(N2C(=O)C(C)CS2(=O)=O)c1. The molecule has 6 nitrogen and oxygen atoms in total. The molecule has 2 aromatic carbocycles. The number of nitrogens with one attached hydrogen (secondary N) is 1. The van der Waals surface area contributed by atoms with E-state index < -0.39 is 21.8 Å². The largest absolute Gasteiger partial charge is 0.321 e. The lowest BCUT2D eigenvalue weighted by molar-refractivity contribution is -0.119. The fraction of sp³-hybridized carbons (Fsp3) is 0.300. The summed E-state index contributed by atoms with van der Waals surface area (Å²) < 4.78 is 25.4. The van der Waals surface area contributed by atoms with Crippen molar-refractivity contribution in [1.82, 2.24) is 0 Å². The smallest absolute Gasteiger partial charge is 0.255 e. The standard InChI is InChI=1S/C20H22N2O4S/c1-4-15-8-5-7-13(2)18(15)21-19(23)16-9-6-10-17(11-16)22-20(24)14(3)12-27(22,25)26/h5-11,14H,4,12H2,1-3H3,(H,21,23). The van der Waals surface area contributed by atoms with Crippen LogP contribution in [0.3, 0.4) is 0 Å².